The van der Waals surface area contributed by atoms with Crippen LogP contribution in [0.5, 0.6) is 5.75 Å². The van der Waals surface area contributed by atoms with E-state index < -0.39 is 5.60 Å². The molecule has 0 spiro atoms. The van der Waals surface area contributed by atoms with Crippen molar-refractivity contribution in [2.24, 2.45) is 7.05 Å². The highest BCUT2D eigenvalue weighted by Gasteiger charge is 2.29. The SMILES string of the molecule is Cn1cc(CCNC(=O)C(C)(C)Oc2ccc(Cl)cc2)cn1. The van der Waals surface area contributed by atoms with Crippen molar-refractivity contribution in [1.82, 2.24) is 15.1 Å². The van der Waals surface area contributed by atoms with E-state index in [0.717, 1.165) is 12.0 Å². The van der Waals surface area contributed by atoms with Crippen LogP contribution in [0.25, 0.3) is 0 Å². The predicted octanol–water partition coefficient (Wildman–Crippen LogP) is 2.59. The molecule has 0 saturated heterocycles. The molecule has 118 valence electrons. The zero-order chi connectivity index (χ0) is 16.2. The van der Waals surface area contributed by atoms with E-state index in [1.807, 2.05) is 13.2 Å². The van der Waals surface area contributed by atoms with Crippen LogP contribution in [0.4, 0.5) is 0 Å². The number of hydrogen-bond acceptors (Lipinski definition) is 3. The van der Waals surface area contributed by atoms with Gasteiger partial charge in [0, 0.05) is 24.8 Å². The Kier molecular flexibility index (Phi) is 5.08. The van der Waals surface area contributed by atoms with Gasteiger partial charge >= 0.3 is 0 Å². The van der Waals surface area contributed by atoms with Gasteiger partial charge in [-0.3, -0.25) is 9.48 Å². The van der Waals surface area contributed by atoms with Crippen molar-refractivity contribution in [3.05, 3.63) is 47.2 Å². The van der Waals surface area contributed by atoms with Gasteiger partial charge in [-0.2, -0.15) is 5.10 Å². The number of ether oxygens (including phenoxy) is 1. The zero-order valence-corrected chi connectivity index (χ0v) is 13.7. The Morgan fingerprint density at radius 3 is 2.64 bits per heavy atom. The molecule has 2 rings (SSSR count). The molecular weight excluding hydrogens is 302 g/mol. The van der Waals surface area contributed by atoms with E-state index in [9.17, 15) is 4.79 Å². The topological polar surface area (TPSA) is 56.2 Å². The molecule has 1 heterocycles. The third-order valence-corrected chi connectivity index (χ3v) is 3.44. The summed E-state index contributed by atoms with van der Waals surface area (Å²) in [7, 11) is 1.87. The Bertz CT molecular complexity index is 635. The van der Waals surface area contributed by atoms with Gasteiger partial charge in [-0.25, -0.2) is 0 Å². The van der Waals surface area contributed by atoms with Gasteiger partial charge in [0.05, 0.1) is 6.20 Å². The first-order chi connectivity index (χ1) is 10.4. The Balaban J connectivity index is 1.85. The van der Waals surface area contributed by atoms with Crippen LogP contribution < -0.4 is 10.1 Å². The summed E-state index contributed by atoms with van der Waals surface area (Å²) in [6, 6.07) is 6.94. The molecule has 1 amide bonds. The van der Waals surface area contributed by atoms with E-state index >= 15 is 0 Å². The highest BCUT2D eigenvalue weighted by atomic mass is 35.5. The van der Waals surface area contributed by atoms with Crippen molar-refractivity contribution in [3.63, 3.8) is 0 Å². The molecule has 1 aromatic carbocycles. The molecule has 0 atom stereocenters. The number of aryl methyl sites for hydroxylation is 1. The van der Waals surface area contributed by atoms with E-state index in [1.165, 1.54) is 0 Å². The Hall–Kier alpha value is -2.01. The number of aromatic nitrogens is 2. The standard InChI is InChI=1S/C16H20ClN3O2/c1-16(2,22-14-6-4-13(17)5-7-14)15(21)18-9-8-12-10-19-20(3)11-12/h4-7,10-11H,8-9H2,1-3H3,(H,18,21). The summed E-state index contributed by atoms with van der Waals surface area (Å²) >= 11 is 5.83. The summed E-state index contributed by atoms with van der Waals surface area (Å²) in [4.78, 5) is 12.2. The minimum atomic E-state index is -0.956. The quantitative estimate of drug-likeness (QED) is 0.889. The Morgan fingerprint density at radius 2 is 2.05 bits per heavy atom. The number of carbonyl (C=O) groups is 1. The van der Waals surface area contributed by atoms with Gasteiger partial charge in [0.15, 0.2) is 5.60 Å². The first-order valence-corrected chi connectivity index (χ1v) is 7.45. The van der Waals surface area contributed by atoms with Gasteiger partial charge < -0.3 is 10.1 Å². The number of amides is 1. The van der Waals surface area contributed by atoms with Crippen LogP contribution in [0.15, 0.2) is 36.7 Å². The third kappa shape index (κ3) is 4.49. The number of hydrogen-bond donors (Lipinski definition) is 1. The first kappa shape index (κ1) is 16.4. The molecule has 0 saturated carbocycles. The number of nitrogens with one attached hydrogen (secondary N) is 1. The lowest BCUT2D eigenvalue weighted by atomic mass is 10.1. The van der Waals surface area contributed by atoms with Gasteiger partial charge in [0.25, 0.3) is 5.91 Å². The van der Waals surface area contributed by atoms with Crippen LogP contribution in [-0.4, -0.2) is 27.8 Å². The van der Waals surface area contributed by atoms with E-state index in [4.69, 9.17) is 16.3 Å². The fourth-order valence-electron chi connectivity index (χ4n) is 1.98. The second kappa shape index (κ2) is 6.83. The molecule has 22 heavy (non-hydrogen) atoms. The third-order valence-electron chi connectivity index (χ3n) is 3.19. The lowest BCUT2D eigenvalue weighted by Crippen LogP contribution is -2.47. The monoisotopic (exact) mass is 321 g/mol. The number of halogens is 1. The highest BCUT2D eigenvalue weighted by molar-refractivity contribution is 6.30. The normalized spacial score (nSPS) is 11.3. The summed E-state index contributed by atoms with van der Waals surface area (Å²) in [5.41, 5.74) is 0.127. The van der Waals surface area contributed by atoms with Gasteiger partial charge in [0.1, 0.15) is 5.75 Å². The van der Waals surface area contributed by atoms with Crippen molar-refractivity contribution in [1.29, 1.82) is 0 Å². The summed E-state index contributed by atoms with van der Waals surface area (Å²) in [5.74, 6) is 0.447. The van der Waals surface area contributed by atoms with Crippen LogP contribution in [0, 0.1) is 0 Å². The first-order valence-electron chi connectivity index (χ1n) is 7.07. The molecule has 0 radical (unpaired) electrons. The maximum absolute atomic E-state index is 12.2. The molecular formula is C16H20ClN3O2. The Labute approximate surface area is 135 Å². The molecule has 6 heteroatoms. The second-order valence-corrected chi connectivity index (χ2v) is 6.03. The molecule has 0 fully saturated rings. The smallest absolute Gasteiger partial charge is 0.263 e. The van der Waals surface area contributed by atoms with Crippen LogP contribution >= 0.6 is 11.6 Å². The van der Waals surface area contributed by atoms with Crippen molar-refractivity contribution < 1.29 is 9.53 Å². The Morgan fingerprint density at radius 1 is 1.36 bits per heavy atom. The van der Waals surface area contributed by atoms with Crippen LogP contribution in [0.1, 0.15) is 19.4 Å². The second-order valence-electron chi connectivity index (χ2n) is 5.59. The van der Waals surface area contributed by atoms with Crippen molar-refractivity contribution in [3.8, 4) is 5.75 Å². The number of benzene rings is 1. The average Bonchev–Trinajstić information content (AvgIpc) is 2.87. The fourth-order valence-corrected chi connectivity index (χ4v) is 2.10. The van der Waals surface area contributed by atoms with Gasteiger partial charge in [0.2, 0.25) is 0 Å². The number of rotatable bonds is 6. The zero-order valence-electron chi connectivity index (χ0n) is 13.0. The lowest BCUT2D eigenvalue weighted by Gasteiger charge is -2.25. The fraction of sp³-hybridized carbons (Fsp3) is 0.375. The summed E-state index contributed by atoms with van der Waals surface area (Å²) in [6.07, 6.45) is 4.46. The molecule has 5 nitrogen and oxygen atoms in total. The highest BCUT2D eigenvalue weighted by Crippen LogP contribution is 2.20. The molecule has 0 aliphatic rings. The van der Waals surface area contributed by atoms with Crippen LogP contribution in [-0.2, 0) is 18.3 Å². The van der Waals surface area contributed by atoms with E-state index in [1.54, 1.807) is 49.0 Å². The van der Waals surface area contributed by atoms with Crippen LogP contribution in [0.3, 0.4) is 0 Å². The molecule has 1 aromatic heterocycles. The molecule has 0 aliphatic heterocycles. The summed E-state index contributed by atoms with van der Waals surface area (Å²) in [6.45, 7) is 4.01. The van der Waals surface area contributed by atoms with Crippen LogP contribution in [0.2, 0.25) is 5.02 Å². The van der Waals surface area contributed by atoms with Gasteiger partial charge in [-0.15, -0.1) is 0 Å². The molecule has 2 aromatic rings. The van der Waals surface area contributed by atoms with Crippen molar-refractivity contribution in [2.45, 2.75) is 25.9 Å². The number of nitrogens with zero attached hydrogens (tertiary/aromatic N) is 2. The average molecular weight is 322 g/mol. The van der Waals surface area contributed by atoms with Crippen molar-refractivity contribution >= 4 is 17.5 Å². The maximum atomic E-state index is 12.2. The largest absolute Gasteiger partial charge is 0.478 e. The van der Waals surface area contributed by atoms with Crippen molar-refractivity contribution in [2.75, 3.05) is 6.54 Å². The van der Waals surface area contributed by atoms with Gasteiger partial charge in [-0.05, 0) is 50.1 Å². The molecule has 0 bridgehead atoms. The van der Waals surface area contributed by atoms with E-state index in [0.29, 0.717) is 17.3 Å². The maximum Gasteiger partial charge on any atom is 0.263 e. The molecule has 1 N–H and O–H groups in total. The summed E-state index contributed by atoms with van der Waals surface area (Å²) in [5, 5.41) is 7.61. The predicted molar refractivity (Wildman–Crippen MR) is 86.1 cm³/mol. The lowest BCUT2D eigenvalue weighted by molar-refractivity contribution is -0.134. The summed E-state index contributed by atoms with van der Waals surface area (Å²) < 4.78 is 7.48. The molecule has 0 unspecified atom stereocenters. The van der Waals surface area contributed by atoms with E-state index in [-0.39, 0.29) is 5.91 Å². The van der Waals surface area contributed by atoms with E-state index in [2.05, 4.69) is 10.4 Å². The minimum Gasteiger partial charge on any atom is -0.478 e. The molecule has 0 aliphatic carbocycles. The minimum absolute atomic E-state index is 0.161. The number of carbonyl (C=O) groups excluding carboxylic acids is 1. The van der Waals surface area contributed by atoms with Gasteiger partial charge in [-0.1, -0.05) is 11.6 Å².